The van der Waals surface area contributed by atoms with Crippen molar-refractivity contribution in [1.29, 1.82) is 0 Å². The third-order valence-corrected chi connectivity index (χ3v) is 3.87. The molecule has 0 aliphatic rings. The van der Waals surface area contributed by atoms with Crippen molar-refractivity contribution in [2.45, 2.75) is 39.4 Å². The van der Waals surface area contributed by atoms with Gasteiger partial charge in [0.05, 0.1) is 0 Å². The zero-order valence-electron chi connectivity index (χ0n) is 8.55. The molecule has 3 nitrogen and oxygen atoms in total. The standard InChI is InChI=1S/C8H20N2OSi/c1-5-6-7-10(8(9)11)12(2,3)4/h5-7H2,1-4H3,(H2,9,11). The molecule has 0 fully saturated rings. The summed E-state index contributed by atoms with van der Waals surface area (Å²) < 4.78 is 1.84. The summed E-state index contributed by atoms with van der Waals surface area (Å²) in [5.74, 6) is 0. The summed E-state index contributed by atoms with van der Waals surface area (Å²) in [4.78, 5) is 11.0. The van der Waals surface area contributed by atoms with Gasteiger partial charge >= 0.3 is 6.03 Å². The second-order valence-electron chi connectivity index (χ2n) is 4.01. The average Bonchev–Trinajstić information content (AvgIpc) is 1.84. The van der Waals surface area contributed by atoms with Gasteiger partial charge in [-0.25, -0.2) is 4.79 Å². The second-order valence-corrected chi connectivity index (χ2v) is 8.90. The molecule has 0 saturated heterocycles. The quantitative estimate of drug-likeness (QED) is 0.674. The van der Waals surface area contributed by atoms with Gasteiger partial charge in [0.25, 0.3) is 0 Å². The molecule has 0 unspecified atom stereocenters. The van der Waals surface area contributed by atoms with Crippen molar-refractivity contribution in [3.05, 3.63) is 0 Å². The fourth-order valence-electron chi connectivity index (χ4n) is 1.09. The predicted molar refractivity (Wildman–Crippen MR) is 54.5 cm³/mol. The number of hydrogen-bond acceptors (Lipinski definition) is 1. The number of carbonyl (C=O) groups excluding carboxylic acids is 1. The van der Waals surface area contributed by atoms with Crippen LogP contribution in [-0.4, -0.2) is 25.4 Å². The normalized spacial score (nSPS) is 11.3. The minimum atomic E-state index is -1.53. The SMILES string of the molecule is CCCCN(C(N)=O)[Si](C)(C)C. The molecule has 2 N–H and O–H groups in total. The van der Waals surface area contributed by atoms with Crippen LogP contribution in [-0.2, 0) is 0 Å². The largest absolute Gasteiger partial charge is 0.353 e. The number of nitrogens with two attached hydrogens (primary N) is 1. The molecule has 0 aromatic heterocycles. The molecule has 2 amide bonds. The Labute approximate surface area is 76.0 Å². The zero-order valence-corrected chi connectivity index (χ0v) is 9.55. The molecule has 4 heteroatoms. The minimum absolute atomic E-state index is 0.261. The summed E-state index contributed by atoms with van der Waals surface area (Å²) in [6.07, 6.45) is 2.15. The lowest BCUT2D eigenvalue weighted by Gasteiger charge is -2.32. The van der Waals surface area contributed by atoms with Crippen LogP contribution in [0.1, 0.15) is 19.8 Å². The van der Waals surface area contributed by atoms with E-state index in [4.69, 9.17) is 5.73 Å². The first-order valence-electron chi connectivity index (χ1n) is 4.46. The lowest BCUT2D eigenvalue weighted by atomic mass is 10.3. The van der Waals surface area contributed by atoms with Crippen molar-refractivity contribution in [2.24, 2.45) is 5.73 Å². The summed E-state index contributed by atoms with van der Waals surface area (Å²) in [6.45, 7) is 9.33. The van der Waals surface area contributed by atoms with Gasteiger partial charge in [0.2, 0.25) is 0 Å². The molecule has 0 saturated carbocycles. The number of rotatable bonds is 4. The summed E-state index contributed by atoms with van der Waals surface area (Å²) in [5, 5.41) is 0. The van der Waals surface area contributed by atoms with E-state index >= 15 is 0 Å². The van der Waals surface area contributed by atoms with Crippen molar-refractivity contribution in [3.63, 3.8) is 0 Å². The van der Waals surface area contributed by atoms with Crippen molar-refractivity contribution in [3.8, 4) is 0 Å². The summed E-state index contributed by atoms with van der Waals surface area (Å²) >= 11 is 0. The van der Waals surface area contributed by atoms with Gasteiger partial charge in [0, 0.05) is 6.54 Å². The molecular formula is C8H20N2OSi. The maximum absolute atomic E-state index is 11.0. The summed E-state index contributed by atoms with van der Waals surface area (Å²) in [7, 11) is -1.53. The van der Waals surface area contributed by atoms with Gasteiger partial charge in [0.1, 0.15) is 0 Å². The Balaban J connectivity index is 4.15. The van der Waals surface area contributed by atoms with Crippen molar-refractivity contribution < 1.29 is 4.79 Å². The van der Waals surface area contributed by atoms with Gasteiger partial charge in [-0.15, -0.1) is 0 Å². The molecular weight excluding hydrogens is 168 g/mol. The smallest absolute Gasteiger partial charge is 0.306 e. The van der Waals surface area contributed by atoms with Crippen LogP contribution >= 0.6 is 0 Å². The van der Waals surface area contributed by atoms with Crippen molar-refractivity contribution in [1.82, 2.24) is 4.57 Å². The van der Waals surface area contributed by atoms with E-state index in [1.807, 2.05) is 4.57 Å². The lowest BCUT2D eigenvalue weighted by molar-refractivity contribution is 0.230. The van der Waals surface area contributed by atoms with Gasteiger partial charge in [-0.1, -0.05) is 33.0 Å². The number of nitrogens with zero attached hydrogens (tertiary/aromatic N) is 1. The highest BCUT2D eigenvalue weighted by molar-refractivity contribution is 6.75. The third kappa shape index (κ3) is 3.76. The third-order valence-electron chi connectivity index (χ3n) is 1.81. The molecule has 0 bridgehead atoms. The first-order chi connectivity index (χ1) is 5.39. The lowest BCUT2D eigenvalue weighted by Crippen LogP contribution is -2.52. The minimum Gasteiger partial charge on any atom is -0.353 e. The summed E-state index contributed by atoms with van der Waals surface area (Å²) in [5.41, 5.74) is 5.29. The molecule has 0 aromatic carbocycles. The molecule has 0 atom stereocenters. The molecule has 0 spiro atoms. The van der Waals surface area contributed by atoms with Crippen LogP contribution in [0.4, 0.5) is 4.79 Å². The Hall–Kier alpha value is -0.513. The first-order valence-corrected chi connectivity index (χ1v) is 7.91. The number of unbranched alkanes of at least 4 members (excludes halogenated alkanes) is 1. The van der Waals surface area contributed by atoms with Crippen LogP contribution in [0, 0.1) is 0 Å². The van der Waals surface area contributed by atoms with Crippen LogP contribution in [0.25, 0.3) is 0 Å². The highest BCUT2D eigenvalue weighted by Crippen LogP contribution is 2.09. The van der Waals surface area contributed by atoms with Crippen LogP contribution in [0.2, 0.25) is 19.6 Å². The van der Waals surface area contributed by atoms with E-state index in [9.17, 15) is 4.79 Å². The molecule has 0 radical (unpaired) electrons. The van der Waals surface area contributed by atoms with Crippen molar-refractivity contribution >= 4 is 14.3 Å². The Morgan fingerprint density at radius 2 is 1.92 bits per heavy atom. The Kier molecular flexibility index (Phi) is 4.30. The number of amides is 2. The van der Waals surface area contributed by atoms with Gasteiger partial charge in [0.15, 0.2) is 8.24 Å². The van der Waals surface area contributed by atoms with Crippen LogP contribution in [0.15, 0.2) is 0 Å². The maximum Gasteiger partial charge on any atom is 0.306 e. The highest BCUT2D eigenvalue weighted by Gasteiger charge is 2.25. The molecule has 0 aliphatic heterocycles. The molecule has 0 aliphatic carbocycles. The molecule has 12 heavy (non-hydrogen) atoms. The van der Waals surface area contributed by atoms with Gasteiger partial charge in [-0.2, -0.15) is 0 Å². The molecule has 0 rings (SSSR count). The van der Waals surface area contributed by atoms with Gasteiger partial charge in [-0.05, 0) is 6.42 Å². The van der Waals surface area contributed by atoms with Crippen LogP contribution < -0.4 is 5.73 Å². The highest BCUT2D eigenvalue weighted by atomic mass is 28.3. The molecule has 0 aromatic rings. The van der Waals surface area contributed by atoms with Crippen LogP contribution in [0.5, 0.6) is 0 Å². The monoisotopic (exact) mass is 188 g/mol. The topological polar surface area (TPSA) is 46.3 Å². The Morgan fingerprint density at radius 1 is 1.42 bits per heavy atom. The van der Waals surface area contributed by atoms with Gasteiger partial charge in [-0.3, -0.25) is 0 Å². The Bertz CT molecular complexity index is 154. The molecule has 0 heterocycles. The number of urea groups is 1. The fraction of sp³-hybridized carbons (Fsp3) is 0.875. The first kappa shape index (κ1) is 11.5. The fourth-order valence-corrected chi connectivity index (χ4v) is 2.58. The second kappa shape index (κ2) is 4.50. The van der Waals surface area contributed by atoms with E-state index in [0.29, 0.717) is 0 Å². The van der Waals surface area contributed by atoms with E-state index < -0.39 is 8.24 Å². The number of hydrogen-bond donors (Lipinski definition) is 1. The Morgan fingerprint density at radius 3 is 2.17 bits per heavy atom. The van der Waals surface area contributed by atoms with E-state index in [-0.39, 0.29) is 6.03 Å². The predicted octanol–water partition coefficient (Wildman–Crippen LogP) is 2.00. The van der Waals surface area contributed by atoms with E-state index in [2.05, 4.69) is 26.6 Å². The zero-order chi connectivity index (χ0) is 9.78. The number of primary amides is 1. The summed E-state index contributed by atoms with van der Waals surface area (Å²) in [6, 6.07) is -0.261. The van der Waals surface area contributed by atoms with E-state index in [1.165, 1.54) is 0 Å². The van der Waals surface area contributed by atoms with Crippen molar-refractivity contribution in [2.75, 3.05) is 6.54 Å². The van der Waals surface area contributed by atoms with E-state index in [0.717, 1.165) is 19.4 Å². The van der Waals surface area contributed by atoms with Crippen LogP contribution in [0.3, 0.4) is 0 Å². The molecule has 72 valence electrons. The average molecular weight is 188 g/mol. The maximum atomic E-state index is 11.0. The number of carbonyl (C=O) groups is 1. The van der Waals surface area contributed by atoms with E-state index in [1.54, 1.807) is 0 Å². The van der Waals surface area contributed by atoms with Gasteiger partial charge < -0.3 is 10.3 Å².